The van der Waals surface area contributed by atoms with Crippen molar-refractivity contribution in [1.29, 1.82) is 5.26 Å². The summed E-state index contributed by atoms with van der Waals surface area (Å²) in [5.41, 5.74) is 1.57. The third-order valence-corrected chi connectivity index (χ3v) is 6.28. The average molecular weight is 509 g/mol. The van der Waals surface area contributed by atoms with Gasteiger partial charge in [-0.25, -0.2) is 9.78 Å². The molecule has 0 saturated carbocycles. The van der Waals surface area contributed by atoms with Crippen LogP contribution in [0.3, 0.4) is 0 Å². The predicted molar refractivity (Wildman–Crippen MR) is 134 cm³/mol. The Balaban J connectivity index is 1.42. The number of hydrogen-bond acceptors (Lipinski definition) is 10. The molecule has 3 heterocycles. The van der Waals surface area contributed by atoms with Crippen molar-refractivity contribution in [2.75, 3.05) is 42.8 Å². The van der Waals surface area contributed by atoms with E-state index in [0.29, 0.717) is 47.6 Å². The molecule has 186 valence electrons. The monoisotopic (exact) mass is 508 g/mol. The number of hydrogen-bond donors (Lipinski definition) is 3. The van der Waals surface area contributed by atoms with Crippen molar-refractivity contribution in [2.45, 2.75) is 19.4 Å². The van der Waals surface area contributed by atoms with Gasteiger partial charge in [-0.15, -0.1) is 0 Å². The van der Waals surface area contributed by atoms with Gasteiger partial charge < -0.3 is 25.0 Å². The van der Waals surface area contributed by atoms with E-state index in [1.165, 1.54) is 25.6 Å². The minimum atomic E-state index is -0.513. The normalized spacial score (nSPS) is 12.2. The van der Waals surface area contributed by atoms with E-state index in [0.717, 1.165) is 10.6 Å². The maximum atomic E-state index is 12.7. The molecule has 3 aromatic rings. The minimum absolute atomic E-state index is 0.201. The lowest BCUT2D eigenvalue weighted by molar-refractivity contribution is 0.0955. The molecule has 0 radical (unpaired) electrons. The Bertz CT molecular complexity index is 1280. The number of carbonyl (C=O) groups excluding carboxylic acids is 2. The Kier molecular flexibility index (Phi) is 7.76. The van der Waals surface area contributed by atoms with Crippen molar-refractivity contribution in [3.63, 3.8) is 0 Å². The van der Waals surface area contributed by atoms with Crippen LogP contribution >= 0.6 is 11.3 Å². The summed E-state index contributed by atoms with van der Waals surface area (Å²) in [6.45, 7) is 1.47. The number of para-hydroxylation sites is 1. The number of fused-ring (bicyclic) bond motifs is 1. The van der Waals surface area contributed by atoms with Crippen LogP contribution < -0.4 is 30.3 Å². The number of thiazole rings is 1. The molecule has 0 spiro atoms. The number of anilines is 3. The van der Waals surface area contributed by atoms with Crippen LogP contribution in [-0.4, -0.2) is 54.2 Å². The highest BCUT2D eigenvalue weighted by molar-refractivity contribution is 7.15. The molecule has 0 unspecified atom stereocenters. The van der Waals surface area contributed by atoms with Crippen LogP contribution in [0.1, 0.15) is 27.3 Å². The maximum Gasteiger partial charge on any atom is 0.325 e. The molecule has 1 aliphatic heterocycles. The number of methoxy groups -OCH3 is 2. The van der Waals surface area contributed by atoms with E-state index < -0.39 is 6.03 Å². The van der Waals surface area contributed by atoms with E-state index in [1.54, 1.807) is 30.3 Å². The summed E-state index contributed by atoms with van der Waals surface area (Å²) in [5.74, 6) is 0.712. The van der Waals surface area contributed by atoms with Crippen molar-refractivity contribution in [1.82, 2.24) is 20.3 Å². The first-order chi connectivity index (χ1) is 17.5. The molecule has 1 aliphatic rings. The van der Waals surface area contributed by atoms with Gasteiger partial charge in [-0.1, -0.05) is 23.5 Å². The molecule has 3 amide bonds. The van der Waals surface area contributed by atoms with Gasteiger partial charge in [0, 0.05) is 30.5 Å². The van der Waals surface area contributed by atoms with Crippen molar-refractivity contribution in [2.24, 2.45) is 0 Å². The third-order valence-electron chi connectivity index (χ3n) is 5.28. The molecular formula is C23H24N8O4S. The summed E-state index contributed by atoms with van der Waals surface area (Å²) < 4.78 is 10.4. The van der Waals surface area contributed by atoms with E-state index in [2.05, 4.69) is 35.8 Å². The minimum Gasteiger partial charge on any atom is -0.481 e. The Labute approximate surface area is 211 Å². The largest absolute Gasteiger partial charge is 0.481 e. The lowest BCUT2D eigenvalue weighted by Crippen LogP contribution is -2.30. The molecular weight excluding hydrogens is 484 g/mol. The van der Waals surface area contributed by atoms with Gasteiger partial charge in [0.05, 0.1) is 50.2 Å². The molecule has 0 bridgehead atoms. The maximum absolute atomic E-state index is 12.7. The predicted octanol–water partition coefficient (Wildman–Crippen LogP) is 2.80. The number of urea groups is 1. The molecule has 13 heteroatoms. The standard InChI is InChI=1S/C23H24N8O4S/c1-34-19-12-18(28-22(29-19)35-2)31-11-8-16-17(13-31)36-23(27-16)30-21(33)26-15-7-4-3-6-14(15)20(32)25-10-5-9-24/h3-4,6-7,12H,5,8,10-11,13H2,1-2H3,(H,25,32)(H2,26,27,30,33). The number of nitrogens with one attached hydrogen (secondary N) is 3. The summed E-state index contributed by atoms with van der Waals surface area (Å²) in [5, 5.41) is 17.2. The zero-order valence-electron chi connectivity index (χ0n) is 19.7. The molecule has 0 saturated heterocycles. The van der Waals surface area contributed by atoms with E-state index in [1.807, 2.05) is 6.07 Å². The fourth-order valence-electron chi connectivity index (χ4n) is 3.56. The number of ether oxygens (including phenoxy) is 2. The van der Waals surface area contributed by atoms with Crippen molar-refractivity contribution in [3.05, 3.63) is 46.5 Å². The van der Waals surface area contributed by atoms with E-state index in [9.17, 15) is 9.59 Å². The lowest BCUT2D eigenvalue weighted by Gasteiger charge is -2.27. The molecule has 2 aromatic heterocycles. The van der Waals surface area contributed by atoms with Crippen LogP contribution in [0.5, 0.6) is 11.9 Å². The second-order valence-corrected chi connectivity index (χ2v) is 8.69. The fourth-order valence-corrected chi connectivity index (χ4v) is 4.58. The number of nitriles is 1. The first-order valence-electron chi connectivity index (χ1n) is 11.0. The smallest absolute Gasteiger partial charge is 0.325 e. The summed E-state index contributed by atoms with van der Waals surface area (Å²) >= 11 is 1.38. The topological polar surface area (TPSA) is 154 Å². The van der Waals surface area contributed by atoms with Gasteiger partial charge in [0.15, 0.2) is 5.13 Å². The lowest BCUT2D eigenvalue weighted by atomic mass is 10.1. The van der Waals surface area contributed by atoms with Gasteiger partial charge in [-0.05, 0) is 12.1 Å². The third kappa shape index (κ3) is 5.78. The molecule has 1 aromatic carbocycles. The number of amides is 3. The van der Waals surface area contributed by atoms with E-state index in [-0.39, 0.29) is 24.9 Å². The van der Waals surface area contributed by atoms with Gasteiger partial charge in [-0.2, -0.15) is 15.2 Å². The van der Waals surface area contributed by atoms with Crippen LogP contribution in [0.2, 0.25) is 0 Å². The first-order valence-corrected chi connectivity index (χ1v) is 11.8. The van der Waals surface area contributed by atoms with Crippen molar-refractivity contribution >= 4 is 39.9 Å². The van der Waals surface area contributed by atoms with Crippen LogP contribution in [0, 0.1) is 11.3 Å². The molecule has 0 atom stereocenters. The number of aromatic nitrogens is 3. The van der Waals surface area contributed by atoms with Gasteiger partial charge >= 0.3 is 12.0 Å². The second-order valence-electron chi connectivity index (χ2n) is 7.60. The van der Waals surface area contributed by atoms with Crippen LogP contribution in [0.25, 0.3) is 0 Å². The molecule has 4 rings (SSSR count). The SMILES string of the molecule is COc1cc(N2CCc3nc(NC(=O)Nc4ccccc4C(=O)NCCC#N)sc3C2)nc(OC)n1. The number of nitrogens with zero attached hydrogens (tertiary/aromatic N) is 5. The molecule has 0 fully saturated rings. The highest BCUT2D eigenvalue weighted by Crippen LogP contribution is 2.31. The highest BCUT2D eigenvalue weighted by Gasteiger charge is 2.24. The Morgan fingerprint density at radius 1 is 1.17 bits per heavy atom. The van der Waals surface area contributed by atoms with Gasteiger partial charge in [-0.3, -0.25) is 10.1 Å². The Hall–Kier alpha value is -4.44. The Morgan fingerprint density at radius 3 is 2.78 bits per heavy atom. The van der Waals surface area contributed by atoms with E-state index >= 15 is 0 Å². The summed E-state index contributed by atoms with van der Waals surface area (Å²) in [6, 6.07) is 10.1. The molecule has 36 heavy (non-hydrogen) atoms. The molecule has 12 nitrogen and oxygen atoms in total. The molecule has 0 aliphatic carbocycles. The first kappa shape index (κ1) is 24.7. The van der Waals surface area contributed by atoms with Gasteiger partial charge in [0.2, 0.25) is 5.88 Å². The van der Waals surface area contributed by atoms with Crippen LogP contribution in [-0.2, 0) is 13.0 Å². The van der Waals surface area contributed by atoms with Crippen molar-refractivity contribution in [3.8, 4) is 18.0 Å². The quantitative estimate of drug-likeness (QED) is 0.390. The zero-order valence-corrected chi connectivity index (χ0v) is 20.5. The fraction of sp³-hybridized carbons (Fsp3) is 0.304. The summed E-state index contributed by atoms with van der Waals surface area (Å²) in [6.07, 6.45) is 0.877. The van der Waals surface area contributed by atoms with Crippen LogP contribution in [0.4, 0.5) is 21.4 Å². The van der Waals surface area contributed by atoms with Crippen molar-refractivity contribution < 1.29 is 19.1 Å². The summed E-state index contributed by atoms with van der Waals surface area (Å²) in [4.78, 5) is 41.3. The number of benzene rings is 1. The number of rotatable bonds is 8. The second kappa shape index (κ2) is 11.3. The van der Waals surface area contributed by atoms with Crippen LogP contribution in [0.15, 0.2) is 30.3 Å². The number of carbonyl (C=O) groups is 2. The Morgan fingerprint density at radius 2 is 2.00 bits per heavy atom. The zero-order chi connectivity index (χ0) is 25.5. The summed E-state index contributed by atoms with van der Waals surface area (Å²) in [7, 11) is 3.03. The van der Waals surface area contributed by atoms with E-state index in [4.69, 9.17) is 14.7 Å². The van der Waals surface area contributed by atoms with Gasteiger partial charge in [0.1, 0.15) is 5.82 Å². The molecule has 3 N–H and O–H groups in total. The average Bonchev–Trinajstić information content (AvgIpc) is 3.29. The highest BCUT2D eigenvalue weighted by atomic mass is 32.1. The van der Waals surface area contributed by atoms with Gasteiger partial charge in [0.25, 0.3) is 5.91 Å².